The molecule has 0 aliphatic rings. The normalized spacial score (nSPS) is 10.5. The lowest BCUT2D eigenvalue weighted by molar-refractivity contribution is 0.0948. The maximum absolute atomic E-state index is 12.0. The Hall–Kier alpha value is -1.95. The third-order valence-electron chi connectivity index (χ3n) is 3.17. The van der Waals surface area contributed by atoms with E-state index in [0.717, 1.165) is 25.8 Å². The van der Waals surface area contributed by atoms with Crippen LogP contribution in [0.3, 0.4) is 0 Å². The molecule has 0 radical (unpaired) electrons. The first-order chi connectivity index (χ1) is 10.5. The summed E-state index contributed by atoms with van der Waals surface area (Å²) in [6.07, 6.45) is 4.63. The minimum Gasteiger partial charge on any atom is -0.351 e. The van der Waals surface area contributed by atoms with Crippen LogP contribution in [0.2, 0.25) is 0 Å². The van der Waals surface area contributed by atoms with Gasteiger partial charge in [0.05, 0.1) is 0 Å². The van der Waals surface area contributed by atoms with Gasteiger partial charge >= 0.3 is 0 Å². The summed E-state index contributed by atoms with van der Waals surface area (Å²) in [7, 11) is 3.89. The molecule has 0 atom stereocenters. The number of aromatic nitrogens is 1. The molecule has 0 bridgehead atoms. The summed E-state index contributed by atoms with van der Waals surface area (Å²) in [6, 6.07) is 3.14. The summed E-state index contributed by atoms with van der Waals surface area (Å²) in [4.78, 5) is 30.0. The van der Waals surface area contributed by atoms with Crippen molar-refractivity contribution in [3.05, 3.63) is 29.6 Å². The Morgan fingerprint density at radius 2 is 1.86 bits per heavy atom. The molecule has 0 aliphatic carbocycles. The molecule has 122 valence electrons. The van der Waals surface area contributed by atoms with Crippen LogP contribution in [-0.4, -0.2) is 55.4 Å². The van der Waals surface area contributed by atoms with E-state index in [1.54, 1.807) is 6.07 Å². The van der Waals surface area contributed by atoms with E-state index in [2.05, 4.69) is 22.5 Å². The van der Waals surface area contributed by atoms with Crippen molar-refractivity contribution in [3.63, 3.8) is 0 Å². The number of rotatable bonds is 9. The molecule has 1 aromatic heterocycles. The standard InChI is InChI=1S/C16H26N4O2/c1-4-5-6-8-18-16(22)14-12-13(7-9-17-14)15(21)19-10-11-20(2)3/h7,9,12H,4-6,8,10-11H2,1-3H3,(H,18,22)(H,19,21). The van der Waals surface area contributed by atoms with Gasteiger partial charge in [0.15, 0.2) is 0 Å². The quantitative estimate of drug-likeness (QED) is 0.674. The average molecular weight is 306 g/mol. The number of amides is 2. The van der Waals surface area contributed by atoms with Gasteiger partial charge in [-0.25, -0.2) is 0 Å². The predicted octanol–water partition coefficient (Wildman–Crippen LogP) is 1.29. The third-order valence-corrected chi connectivity index (χ3v) is 3.17. The Kier molecular flexibility index (Phi) is 8.14. The van der Waals surface area contributed by atoms with Crippen LogP contribution in [0.4, 0.5) is 0 Å². The molecular formula is C16H26N4O2. The van der Waals surface area contributed by atoms with Gasteiger partial charge in [0.1, 0.15) is 5.69 Å². The van der Waals surface area contributed by atoms with E-state index in [4.69, 9.17) is 0 Å². The molecule has 6 nitrogen and oxygen atoms in total. The highest BCUT2D eigenvalue weighted by atomic mass is 16.2. The van der Waals surface area contributed by atoms with Crippen LogP contribution in [0.15, 0.2) is 18.3 Å². The van der Waals surface area contributed by atoms with Gasteiger partial charge in [0.2, 0.25) is 0 Å². The Morgan fingerprint density at radius 1 is 1.14 bits per heavy atom. The zero-order chi connectivity index (χ0) is 16.4. The second-order valence-electron chi connectivity index (χ2n) is 5.45. The van der Waals surface area contributed by atoms with Gasteiger partial charge in [-0.2, -0.15) is 0 Å². The smallest absolute Gasteiger partial charge is 0.269 e. The average Bonchev–Trinajstić information content (AvgIpc) is 2.51. The lowest BCUT2D eigenvalue weighted by Gasteiger charge is -2.10. The Bertz CT molecular complexity index is 489. The summed E-state index contributed by atoms with van der Waals surface area (Å²) in [5.41, 5.74) is 0.726. The maximum Gasteiger partial charge on any atom is 0.269 e. The van der Waals surface area contributed by atoms with Gasteiger partial charge in [-0.3, -0.25) is 14.6 Å². The molecule has 1 aromatic rings. The highest BCUT2D eigenvalue weighted by molar-refractivity contribution is 5.98. The minimum absolute atomic E-state index is 0.190. The first-order valence-corrected chi connectivity index (χ1v) is 7.71. The Labute approximate surface area is 132 Å². The molecule has 2 amide bonds. The summed E-state index contributed by atoms with van der Waals surface area (Å²) in [5, 5.41) is 5.63. The van der Waals surface area contributed by atoms with Gasteiger partial charge in [0, 0.05) is 31.4 Å². The van der Waals surface area contributed by atoms with E-state index >= 15 is 0 Å². The molecule has 2 N–H and O–H groups in total. The second kappa shape index (κ2) is 9.89. The van der Waals surface area contributed by atoms with Crippen molar-refractivity contribution < 1.29 is 9.59 Å². The number of carbonyl (C=O) groups excluding carboxylic acids is 2. The van der Waals surface area contributed by atoms with Crippen molar-refractivity contribution in [1.29, 1.82) is 0 Å². The van der Waals surface area contributed by atoms with E-state index in [0.29, 0.717) is 18.7 Å². The zero-order valence-electron chi connectivity index (χ0n) is 13.7. The molecule has 0 aliphatic heterocycles. The molecule has 6 heteroatoms. The monoisotopic (exact) mass is 306 g/mol. The number of hydrogen-bond donors (Lipinski definition) is 2. The van der Waals surface area contributed by atoms with Crippen molar-refractivity contribution in [2.45, 2.75) is 26.2 Å². The number of nitrogens with one attached hydrogen (secondary N) is 2. The van der Waals surface area contributed by atoms with Gasteiger partial charge in [0.25, 0.3) is 11.8 Å². The maximum atomic E-state index is 12.0. The van der Waals surface area contributed by atoms with Crippen LogP contribution >= 0.6 is 0 Å². The van der Waals surface area contributed by atoms with E-state index < -0.39 is 0 Å². The molecule has 0 unspecified atom stereocenters. The van der Waals surface area contributed by atoms with Crippen molar-refractivity contribution in [1.82, 2.24) is 20.5 Å². The van der Waals surface area contributed by atoms with Crippen molar-refractivity contribution >= 4 is 11.8 Å². The number of likely N-dealkylation sites (N-methyl/N-ethyl adjacent to an activating group) is 1. The zero-order valence-corrected chi connectivity index (χ0v) is 13.7. The third kappa shape index (κ3) is 6.67. The second-order valence-corrected chi connectivity index (χ2v) is 5.45. The molecule has 0 spiro atoms. The van der Waals surface area contributed by atoms with Crippen LogP contribution in [-0.2, 0) is 0 Å². The SMILES string of the molecule is CCCCCNC(=O)c1cc(C(=O)NCCN(C)C)ccn1. The van der Waals surface area contributed by atoms with Crippen LogP contribution < -0.4 is 10.6 Å². The summed E-state index contributed by atoms with van der Waals surface area (Å²) in [5.74, 6) is -0.427. The molecule has 0 aromatic carbocycles. The van der Waals surface area contributed by atoms with E-state index in [1.165, 1.54) is 12.3 Å². The van der Waals surface area contributed by atoms with Crippen LogP contribution in [0.25, 0.3) is 0 Å². The van der Waals surface area contributed by atoms with Crippen molar-refractivity contribution in [2.75, 3.05) is 33.7 Å². The molecular weight excluding hydrogens is 280 g/mol. The fourth-order valence-corrected chi connectivity index (χ4v) is 1.86. The molecule has 1 rings (SSSR count). The Balaban J connectivity index is 2.53. The summed E-state index contributed by atoms with van der Waals surface area (Å²) < 4.78 is 0. The first-order valence-electron chi connectivity index (χ1n) is 7.71. The molecule has 0 saturated carbocycles. The van der Waals surface area contributed by atoms with Gasteiger partial charge in [-0.1, -0.05) is 19.8 Å². The number of pyridine rings is 1. The van der Waals surface area contributed by atoms with Crippen LogP contribution in [0, 0.1) is 0 Å². The van der Waals surface area contributed by atoms with Gasteiger partial charge in [-0.15, -0.1) is 0 Å². The molecule has 0 saturated heterocycles. The minimum atomic E-state index is -0.237. The lowest BCUT2D eigenvalue weighted by atomic mass is 10.2. The van der Waals surface area contributed by atoms with Crippen LogP contribution in [0.5, 0.6) is 0 Å². The highest BCUT2D eigenvalue weighted by Crippen LogP contribution is 2.02. The van der Waals surface area contributed by atoms with Crippen molar-refractivity contribution in [2.24, 2.45) is 0 Å². The van der Waals surface area contributed by atoms with Gasteiger partial charge in [-0.05, 0) is 32.6 Å². The van der Waals surface area contributed by atoms with E-state index in [1.807, 2.05) is 19.0 Å². The summed E-state index contributed by atoms with van der Waals surface area (Å²) >= 11 is 0. The fourth-order valence-electron chi connectivity index (χ4n) is 1.86. The van der Waals surface area contributed by atoms with Gasteiger partial charge < -0.3 is 15.5 Å². The molecule has 0 fully saturated rings. The van der Waals surface area contributed by atoms with Crippen LogP contribution in [0.1, 0.15) is 47.0 Å². The number of unbranched alkanes of at least 4 members (excludes halogenated alkanes) is 2. The van der Waals surface area contributed by atoms with Crippen molar-refractivity contribution in [3.8, 4) is 0 Å². The first kappa shape index (κ1) is 18.1. The fraction of sp³-hybridized carbons (Fsp3) is 0.562. The molecule has 1 heterocycles. The number of carbonyl (C=O) groups is 2. The molecule has 22 heavy (non-hydrogen) atoms. The van der Waals surface area contributed by atoms with E-state index in [-0.39, 0.29) is 17.5 Å². The topological polar surface area (TPSA) is 74.3 Å². The Morgan fingerprint density at radius 3 is 2.55 bits per heavy atom. The van der Waals surface area contributed by atoms with E-state index in [9.17, 15) is 9.59 Å². The largest absolute Gasteiger partial charge is 0.351 e. The summed E-state index contributed by atoms with van der Waals surface area (Å²) in [6.45, 7) is 4.07. The number of nitrogens with zero attached hydrogens (tertiary/aromatic N) is 2. The lowest BCUT2D eigenvalue weighted by Crippen LogP contribution is -2.31. The number of hydrogen-bond acceptors (Lipinski definition) is 4. The predicted molar refractivity (Wildman–Crippen MR) is 87.0 cm³/mol. The highest BCUT2D eigenvalue weighted by Gasteiger charge is 2.11.